The highest BCUT2D eigenvalue weighted by atomic mass is 32.2. The molecule has 1 rings (SSSR count). The first-order valence-corrected chi connectivity index (χ1v) is 6.84. The lowest BCUT2D eigenvalue weighted by Crippen LogP contribution is -2.40. The van der Waals surface area contributed by atoms with Crippen molar-refractivity contribution in [2.24, 2.45) is 0 Å². The standard InChI is InChI=1S/C12H24N2S/c1-11(9-13-12(2,3)4)10-14-5-7-15-8-6-14/h13H,1,5-10H2,2-4H3. The second-order valence-corrected chi connectivity index (χ2v) is 6.47. The summed E-state index contributed by atoms with van der Waals surface area (Å²) >= 11 is 2.06. The molecule has 88 valence electrons. The number of hydrogen-bond donors (Lipinski definition) is 1. The topological polar surface area (TPSA) is 15.3 Å². The molecule has 0 saturated carbocycles. The van der Waals surface area contributed by atoms with Crippen molar-refractivity contribution in [3.05, 3.63) is 12.2 Å². The molecule has 1 N–H and O–H groups in total. The Balaban J connectivity index is 2.17. The molecule has 0 unspecified atom stereocenters. The van der Waals surface area contributed by atoms with Crippen LogP contribution in [0.1, 0.15) is 20.8 Å². The van der Waals surface area contributed by atoms with E-state index in [4.69, 9.17) is 0 Å². The van der Waals surface area contributed by atoms with Crippen molar-refractivity contribution in [3.63, 3.8) is 0 Å². The summed E-state index contributed by atoms with van der Waals surface area (Å²) in [6.07, 6.45) is 0. The number of thioether (sulfide) groups is 1. The highest BCUT2D eigenvalue weighted by Gasteiger charge is 2.13. The zero-order valence-electron chi connectivity index (χ0n) is 10.3. The average Bonchev–Trinajstić information content (AvgIpc) is 2.15. The van der Waals surface area contributed by atoms with Gasteiger partial charge in [-0.25, -0.2) is 0 Å². The predicted octanol–water partition coefficient (Wildman–Crippen LogP) is 1.98. The zero-order chi connectivity index (χ0) is 11.3. The largest absolute Gasteiger partial charge is 0.308 e. The van der Waals surface area contributed by atoms with Gasteiger partial charge >= 0.3 is 0 Å². The number of hydrogen-bond acceptors (Lipinski definition) is 3. The van der Waals surface area contributed by atoms with E-state index in [1.165, 1.54) is 30.2 Å². The summed E-state index contributed by atoms with van der Waals surface area (Å²) in [5.41, 5.74) is 1.50. The fraction of sp³-hybridized carbons (Fsp3) is 0.833. The average molecular weight is 228 g/mol. The Hall–Kier alpha value is 0.0100. The summed E-state index contributed by atoms with van der Waals surface area (Å²) in [6.45, 7) is 15.2. The van der Waals surface area contributed by atoms with Crippen LogP contribution in [0.4, 0.5) is 0 Å². The van der Waals surface area contributed by atoms with Crippen LogP contribution in [0.2, 0.25) is 0 Å². The Morgan fingerprint density at radius 3 is 2.47 bits per heavy atom. The molecule has 0 spiro atoms. The van der Waals surface area contributed by atoms with Crippen LogP contribution in [0.5, 0.6) is 0 Å². The molecule has 0 radical (unpaired) electrons. The highest BCUT2D eigenvalue weighted by Crippen LogP contribution is 2.10. The van der Waals surface area contributed by atoms with Crippen LogP contribution in [0.25, 0.3) is 0 Å². The normalized spacial score (nSPS) is 19.1. The van der Waals surface area contributed by atoms with E-state index in [1.807, 2.05) is 0 Å². The van der Waals surface area contributed by atoms with Crippen LogP contribution in [0.3, 0.4) is 0 Å². The van der Waals surface area contributed by atoms with E-state index >= 15 is 0 Å². The first-order valence-electron chi connectivity index (χ1n) is 5.69. The number of rotatable bonds is 4. The van der Waals surface area contributed by atoms with E-state index in [0.29, 0.717) is 0 Å². The molecule has 1 aliphatic heterocycles. The van der Waals surface area contributed by atoms with E-state index in [-0.39, 0.29) is 5.54 Å². The second-order valence-electron chi connectivity index (χ2n) is 5.24. The fourth-order valence-corrected chi connectivity index (χ4v) is 2.50. The third kappa shape index (κ3) is 6.23. The molecular weight excluding hydrogens is 204 g/mol. The van der Waals surface area contributed by atoms with Gasteiger partial charge in [0.2, 0.25) is 0 Å². The van der Waals surface area contributed by atoms with E-state index in [9.17, 15) is 0 Å². The molecule has 15 heavy (non-hydrogen) atoms. The van der Waals surface area contributed by atoms with Gasteiger partial charge in [0.05, 0.1) is 0 Å². The van der Waals surface area contributed by atoms with Gasteiger partial charge in [0.15, 0.2) is 0 Å². The molecule has 1 heterocycles. The highest BCUT2D eigenvalue weighted by molar-refractivity contribution is 7.99. The Bertz CT molecular complexity index is 202. The van der Waals surface area contributed by atoms with Crippen molar-refractivity contribution < 1.29 is 0 Å². The Morgan fingerprint density at radius 1 is 1.33 bits per heavy atom. The smallest absolute Gasteiger partial charge is 0.0203 e. The Kier molecular flexibility index (Phi) is 5.16. The molecule has 0 aromatic carbocycles. The maximum Gasteiger partial charge on any atom is 0.0203 e. The minimum atomic E-state index is 0.195. The SMILES string of the molecule is C=C(CNC(C)(C)C)CN1CCSCC1. The molecule has 0 aromatic rings. The van der Waals surface area contributed by atoms with Crippen molar-refractivity contribution in [1.29, 1.82) is 0 Å². The van der Waals surface area contributed by atoms with Crippen LogP contribution in [-0.2, 0) is 0 Å². The van der Waals surface area contributed by atoms with Gasteiger partial charge < -0.3 is 5.32 Å². The van der Waals surface area contributed by atoms with Crippen LogP contribution in [0.15, 0.2) is 12.2 Å². The first-order chi connectivity index (χ1) is 6.97. The third-order valence-electron chi connectivity index (χ3n) is 2.42. The summed E-state index contributed by atoms with van der Waals surface area (Å²) in [5, 5.41) is 3.48. The maximum atomic E-state index is 4.14. The van der Waals surface area contributed by atoms with Gasteiger partial charge in [-0.3, -0.25) is 4.90 Å². The van der Waals surface area contributed by atoms with Gasteiger partial charge in [0, 0.05) is 43.2 Å². The van der Waals surface area contributed by atoms with Crippen LogP contribution >= 0.6 is 11.8 Å². The number of nitrogens with one attached hydrogen (secondary N) is 1. The van der Waals surface area contributed by atoms with Crippen LogP contribution < -0.4 is 5.32 Å². The van der Waals surface area contributed by atoms with Crippen LogP contribution in [0, 0.1) is 0 Å². The van der Waals surface area contributed by atoms with Crippen molar-refractivity contribution in [3.8, 4) is 0 Å². The van der Waals surface area contributed by atoms with Gasteiger partial charge in [-0.1, -0.05) is 6.58 Å². The lowest BCUT2D eigenvalue weighted by atomic mass is 10.1. The molecule has 0 amide bonds. The van der Waals surface area contributed by atoms with E-state index in [2.05, 4.69) is 49.3 Å². The number of nitrogens with zero attached hydrogens (tertiary/aromatic N) is 1. The lowest BCUT2D eigenvalue weighted by Gasteiger charge is -2.28. The first kappa shape index (κ1) is 13.1. The Labute approximate surface area is 98.5 Å². The summed E-state index contributed by atoms with van der Waals surface area (Å²) in [5.74, 6) is 2.56. The molecule has 0 aliphatic carbocycles. The van der Waals surface area contributed by atoms with Gasteiger partial charge in [-0.05, 0) is 26.3 Å². The van der Waals surface area contributed by atoms with E-state index in [1.54, 1.807) is 0 Å². The molecule has 0 aromatic heterocycles. The fourth-order valence-electron chi connectivity index (χ4n) is 1.52. The molecule has 2 nitrogen and oxygen atoms in total. The minimum Gasteiger partial charge on any atom is -0.308 e. The van der Waals surface area contributed by atoms with E-state index < -0.39 is 0 Å². The summed E-state index contributed by atoms with van der Waals surface area (Å²) in [6, 6.07) is 0. The zero-order valence-corrected chi connectivity index (χ0v) is 11.1. The van der Waals surface area contributed by atoms with Gasteiger partial charge in [0.1, 0.15) is 0 Å². The molecule has 1 aliphatic rings. The summed E-state index contributed by atoms with van der Waals surface area (Å²) < 4.78 is 0. The van der Waals surface area contributed by atoms with Gasteiger partial charge in [0.25, 0.3) is 0 Å². The summed E-state index contributed by atoms with van der Waals surface area (Å²) in [4.78, 5) is 2.50. The monoisotopic (exact) mass is 228 g/mol. The van der Waals surface area contributed by atoms with Crippen LogP contribution in [-0.4, -0.2) is 48.1 Å². The molecule has 0 atom stereocenters. The maximum absolute atomic E-state index is 4.14. The van der Waals surface area contributed by atoms with Crippen molar-refractivity contribution in [1.82, 2.24) is 10.2 Å². The second kappa shape index (κ2) is 5.92. The van der Waals surface area contributed by atoms with Crippen molar-refractivity contribution in [2.75, 3.05) is 37.7 Å². The molecule has 0 bridgehead atoms. The Morgan fingerprint density at radius 2 is 1.93 bits per heavy atom. The predicted molar refractivity (Wildman–Crippen MR) is 70.7 cm³/mol. The molecule has 3 heteroatoms. The quantitative estimate of drug-likeness (QED) is 0.741. The summed E-state index contributed by atoms with van der Waals surface area (Å²) in [7, 11) is 0. The lowest BCUT2D eigenvalue weighted by molar-refractivity contribution is 0.322. The third-order valence-corrected chi connectivity index (χ3v) is 3.36. The molecule has 1 fully saturated rings. The van der Waals surface area contributed by atoms with Gasteiger partial charge in [-0.15, -0.1) is 0 Å². The molecule has 1 saturated heterocycles. The molecular formula is C12H24N2S. The van der Waals surface area contributed by atoms with Crippen molar-refractivity contribution >= 4 is 11.8 Å². The van der Waals surface area contributed by atoms with E-state index in [0.717, 1.165) is 13.1 Å². The van der Waals surface area contributed by atoms with Gasteiger partial charge in [-0.2, -0.15) is 11.8 Å². The minimum absolute atomic E-state index is 0.195. The van der Waals surface area contributed by atoms with Crippen molar-refractivity contribution in [2.45, 2.75) is 26.3 Å².